The molecular formula is C22H14ClFN6OS. The molecule has 0 aliphatic rings. The number of rotatable bonds is 6. The second-order valence-corrected chi connectivity index (χ2v) is 7.85. The maximum atomic E-state index is 14.6. The van der Waals surface area contributed by atoms with Crippen LogP contribution < -0.4 is 5.32 Å². The molecule has 0 radical (unpaired) electrons. The molecule has 0 aliphatic carbocycles. The topological polar surface area (TPSA) is 96.5 Å². The van der Waals surface area contributed by atoms with Crippen molar-refractivity contribution in [2.24, 2.45) is 0 Å². The maximum absolute atomic E-state index is 14.6. The first-order chi connectivity index (χ1) is 15.6. The third-order valence-corrected chi connectivity index (χ3v) is 5.52. The van der Waals surface area contributed by atoms with Gasteiger partial charge in [0, 0.05) is 23.0 Å². The quantitative estimate of drug-likeness (QED) is 0.414. The van der Waals surface area contributed by atoms with Gasteiger partial charge < -0.3 is 5.32 Å². The average Bonchev–Trinajstić information content (AvgIpc) is 3.22. The molecule has 0 spiro atoms. The minimum absolute atomic E-state index is 0.0446. The summed E-state index contributed by atoms with van der Waals surface area (Å²) in [6, 6.07) is 16.4. The number of benzene rings is 2. The van der Waals surface area contributed by atoms with Crippen LogP contribution in [0.4, 0.5) is 10.1 Å². The Labute approximate surface area is 191 Å². The number of nitriles is 1. The SMILES string of the molecule is N#Cc1ccc(Cl)cc1NC(=O)CSc1nnc(-c2cccnc2)n1-c1ccccc1F. The van der Waals surface area contributed by atoms with E-state index in [9.17, 15) is 14.4 Å². The van der Waals surface area contributed by atoms with Gasteiger partial charge in [-0.25, -0.2) is 4.39 Å². The molecule has 0 saturated carbocycles. The lowest BCUT2D eigenvalue weighted by atomic mass is 10.2. The summed E-state index contributed by atoms with van der Waals surface area (Å²) < 4.78 is 16.2. The van der Waals surface area contributed by atoms with E-state index in [1.807, 2.05) is 6.07 Å². The minimum atomic E-state index is -0.457. The summed E-state index contributed by atoms with van der Waals surface area (Å²) >= 11 is 7.05. The van der Waals surface area contributed by atoms with Gasteiger partial charge in [-0.2, -0.15) is 5.26 Å². The van der Waals surface area contributed by atoms with Gasteiger partial charge in [0.25, 0.3) is 0 Å². The molecule has 1 N–H and O–H groups in total. The average molecular weight is 465 g/mol. The third-order valence-electron chi connectivity index (χ3n) is 4.35. The molecule has 0 unspecified atom stereocenters. The lowest BCUT2D eigenvalue weighted by molar-refractivity contribution is -0.113. The summed E-state index contributed by atoms with van der Waals surface area (Å²) in [6.07, 6.45) is 3.23. The van der Waals surface area contributed by atoms with Gasteiger partial charge in [0.1, 0.15) is 11.9 Å². The number of amides is 1. The number of nitrogens with one attached hydrogen (secondary N) is 1. The zero-order chi connectivity index (χ0) is 22.5. The van der Waals surface area contributed by atoms with Crippen molar-refractivity contribution in [2.45, 2.75) is 5.16 Å². The maximum Gasteiger partial charge on any atom is 0.234 e. The third kappa shape index (κ3) is 4.61. The Bertz CT molecular complexity index is 1320. The molecule has 2 heterocycles. The highest BCUT2D eigenvalue weighted by molar-refractivity contribution is 7.99. The van der Waals surface area contributed by atoms with Gasteiger partial charge in [0.15, 0.2) is 11.0 Å². The second kappa shape index (κ2) is 9.60. The fourth-order valence-electron chi connectivity index (χ4n) is 2.93. The van der Waals surface area contributed by atoms with E-state index in [4.69, 9.17) is 11.6 Å². The molecule has 32 heavy (non-hydrogen) atoms. The zero-order valence-electron chi connectivity index (χ0n) is 16.4. The lowest BCUT2D eigenvalue weighted by Gasteiger charge is -2.11. The monoisotopic (exact) mass is 464 g/mol. The van der Waals surface area contributed by atoms with Crippen LogP contribution in [0.25, 0.3) is 17.1 Å². The predicted molar refractivity (Wildman–Crippen MR) is 120 cm³/mol. The van der Waals surface area contributed by atoms with Crippen molar-refractivity contribution in [3.63, 3.8) is 0 Å². The molecule has 1 amide bonds. The standard InChI is InChI=1S/C22H14ClFN6OS/c23-16-8-7-14(11-25)18(10-16)27-20(31)13-32-22-29-28-21(15-4-3-9-26-12-15)30(22)19-6-2-1-5-17(19)24/h1-10,12H,13H2,(H,27,31). The van der Waals surface area contributed by atoms with Gasteiger partial charge in [0.05, 0.1) is 22.7 Å². The summed E-state index contributed by atoms with van der Waals surface area (Å²) in [4.78, 5) is 16.6. The molecule has 0 fully saturated rings. The Morgan fingerprint density at radius 1 is 1.19 bits per heavy atom. The van der Waals surface area contributed by atoms with Crippen molar-refractivity contribution in [1.82, 2.24) is 19.7 Å². The van der Waals surface area contributed by atoms with Crippen molar-refractivity contribution in [1.29, 1.82) is 5.26 Å². The molecule has 0 bridgehead atoms. The normalized spacial score (nSPS) is 10.5. The van der Waals surface area contributed by atoms with E-state index in [2.05, 4.69) is 20.5 Å². The van der Waals surface area contributed by atoms with Crippen LogP contribution in [-0.4, -0.2) is 31.4 Å². The Morgan fingerprint density at radius 3 is 2.78 bits per heavy atom. The van der Waals surface area contributed by atoms with Gasteiger partial charge in [0.2, 0.25) is 5.91 Å². The molecular weight excluding hydrogens is 451 g/mol. The zero-order valence-corrected chi connectivity index (χ0v) is 17.9. The van der Waals surface area contributed by atoms with E-state index < -0.39 is 5.82 Å². The first-order valence-electron chi connectivity index (χ1n) is 9.30. The van der Waals surface area contributed by atoms with E-state index in [0.29, 0.717) is 32.8 Å². The number of carbonyl (C=O) groups excluding carboxylic acids is 1. The number of nitrogens with zero attached hydrogens (tertiary/aromatic N) is 5. The van der Waals surface area contributed by atoms with Gasteiger partial charge in [-0.15, -0.1) is 10.2 Å². The van der Waals surface area contributed by atoms with Crippen LogP contribution >= 0.6 is 23.4 Å². The van der Waals surface area contributed by atoms with Crippen LogP contribution in [0.5, 0.6) is 0 Å². The first kappa shape index (κ1) is 21.5. The minimum Gasteiger partial charge on any atom is -0.324 e. The van der Waals surface area contributed by atoms with Crippen molar-refractivity contribution in [3.05, 3.63) is 83.4 Å². The highest BCUT2D eigenvalue weighted by Crippen LogP contribution is 2.29. The van der Waals surface area contributed by atoms with Crippen molar-refractivity contribution >= 4 is 35.0 Å². The number of pyridine rings is 1. The van der Waals surface area contributed by atoms with Crippen molar-refractivity contribution in [3.8, 4) is 23.1 Å². The highest BCUT2D eigenvalue weighted by atomic mass is 35.5. The van der Waals surface area contributed by atoms with Gasteiger partial charge in [-0.05, 0) is 42.5 Å². The summed E-state index contributed by atoms with van der Waals surface area (Å²) in [7, 11) is 0. The fraction of sp³-hybridized carbons (Fsp3) is 0.0455. The molecule has 4 rings (SSSR count). The highest BCUT2D eigenvalue weighted by Gasteiger charge is 2.20. The van der Waals surface area contributed by atoms with Crippen LogP contribution in [0.1, 0.15) is 5.56 Å². The van der Waals surface area contributed by atoms with E-state index in [1.54, 1.807) is 53.4 Å². The summed E-state index contributed by atoms with van der Waals surface area (Å²) in [6.45, 7) is 0. The van der Waals surface area contributed by atoms with E-state index in [1.165, 1.54) is 18.2 Å². The van der Waals surface area contributed by atoms with Crippen LogP contribution in [0.2, 0.25) is 5.02 Å². The Balaban J connectivity index is 1.61. The number of hydrogen-bond donors (Lipinski definition) is 1. The Morgan fingerprint density at radius 2 is 2.03 bits per heavy atom. The van der Waals surface area contributed by atoms with Crippen molar-refractivity contribution < 1.29 is 9.18 Å². The van der Waals surface area contributed by atoms with Crippen molar-refractivity contribution in [2.75, 3.05) is 11.1 Å². The first-order valence-corrected chi connectivity index (χ1v) is 10.7. The Kier molecular flexibility index (Phi) is 6.44. The van der Waals surface area contributed by atoms with Crippen LogP contribution in [-0.2, 0) is 4.79 Å². The Hall–Kier alpha value is -3.74. The number of anilines is 1. The predicted octanol–water partition coefficient (Wildman–Crippen LogP) is 4.72. The molecule has 4 aromatic rings. The molecule has 2 aromatic heterocycles. The van der Waals surface area contributed by atoms with E-state index in [-0.39, 0.29) is 17.3 Å². The van der Waals surface area contributed by atoms with Crippen LogP contribution in [0, 0.1) is 17.1 Å². The smallest absolute Gasteiger partial charge is 0.234 e. The number of carbonyl (C=O) groups is 1. The molecule has 10 heteroatoms. The summed E-state index contributed by atoms with van der Waals surface area (Å²) in [5.41, 5.74) is 1.51. The summed E-state index contributed by atoms with van der Waals surface area (Å²) in [5, 5.41) is 21.0. The van der Waals surface area contributed by atoms with Gasteiger partial charge in [-0.3, -0.25) is 14.3 Å². The summed E-state index contributed by atoms with van der Waals surface area (Å²) in [5.74, 6) is -0.481. The second-order valence-electron chi connectivity index (χ2n) is 6.47. The molecule has 158 valence electrons. The number of para-hydroxylation sites is 1. The van der Waals surface area contributed by atoms with E-state index in [0.717, 1.165) is 11.8 Å². The lowest BCUT2D eigenvalue weighted by Crippen LogP contribution is -2.15. The molecule has 0 atom stereocenters. The number of hydrogen-bond acceptors (Lipinski definition) is 6. The van der Waals surface area contributed by atoms with Gasteiger partial charge >= 0.3 is 0 Å². The molecule has 0 saturated heterocycles. The molecule has 2 aromatic carbocycles. The fourth-order valence-corrected chi connectivity index (χ4v) is 3.85. The van der Waals surface area contributed by atoms with Crippen LogP contribution in [0.15, 0.2) is 72.1 Å². The molecule has 0 aliphatic heterocycles. The number of aromatic nitrogens is 4. The van der Waals surface area contributed by atoms with Gasteiger partial charge in [-0.1, -0.05) is 35.5 Å². The number of thioether (sulfide) groups is 1. The van der Waals surface area contributed by atoms with Crippen LogP contribution in [0.3, 0.4) is 0 Å². The molecule has 7 nitrogen and oxygen atoms in total. The number of halogens is 2. The van der Waals surface area contributed by atoms with E-state index >= 15 is 0 Å². The largest absolute Gasteiger partial charge is 0.324 e.